The molecule has 0 rings (SSSR count). The van der Waals surface area contributed by atoms with E-state index in [2.05, 4.69) is 5.32 Å². The first-order valence-corrected chi connectivity index (χ1v) is 5.40. The molecule has 0 saturated heterocycles. The zero-order valence-electron chi connectivity index (χ0n) is 9.71. The van der Waals surface area contributed by atoms with Crippen LogP contribution in [-0.2, 0) is 14.2 Å². The number of ether oxygens (including phenoxy) is 3. The molecule has 1 N–H and O–H groups in total. The third-order valence-corrected chi connectivity index (χ3v) is 1.74. The Balaban J connectivity index is 2.88. The molecule has 0 fully saturated rings. The smallest absolute Gasteiger partial charge is 0.261 e. The molecule has 0 aromatic heterocycles. The highest BCUT2D eigenvalue weighted by molar-refractivity contribution is 4.47. The molecule has 0 spiro atoms. The Morgan fingerprint density at radius 2 is 1.81 bits per heavy atom. The molecular weight excluding hydrogens is 220 g/mol. The van der Waals surface area contributed by atoms with Gasteiger partial charge in [0.1, 0.15) is 6.61 Å². The maximum Gasteiger partial charge on any atom is 0.261 e. The maximum atomic E-state index is 11.6. The van der Waals surface area contributed by atoms with Gasteiger partial charge in [0.2, 0.25) is 0 Å². The van der Waals surface area contributed by atoms with E-state index in [0.29, 0.717) is 33.0 Å². The van der Waals surface area contributed by atoms with Gasteiger partial charge in [-0.15, -0.1) is 0 Å². The molecule has 16 heavy (non-hydrogen) atoms. The second-order valence-electron chi connectivity index (χ2n) is 3.17. The zero-order valence-corrected chi connectivity index (χ0v) is 9.71. The Labute approximate surface area is 95.2 Å². The van der Waals surface area contributed by atoms with Crippen LogP contribution < -0.4 is 5.32 Å². The molecule has 0 radical (unpaired) electrons. The number of methoxy groups -OCH3 is 1. The molecule has 0 heterocycles. The van der Waals surface area contributed by atoms with Crippen LogP contribution in [0.25, 0.3) is 0 Å². The molecule has 0 amide bonds. The number of halogens is 2. The average Bonchev–Trinajstić information content (AvgIpc) is 2.25. The van der Waals surface area contributed by atoms with E-state index >= 15 is 0 Å². The van der Waals surface area contributed by atoms with Gasteiger partial charge in [-0.05, 0) is 13.0 Å². The van der Waals surface area contributed by atoms with Crippen molar-refractivity contribution in [2.45, 2.75) is 12.8 Å². The summed E-state index contributed by atoms with van der Waals surface area (Å²) >= 11 is 0. The fourth-order valence-corrected chi connectivity index (χ4v) is 0.985. The molecule has 0 atom stereocenters. The molecule has 0 aliphatic rings. The molecular formula is C10H21F2NO3. The third-order valence-electron chi connectivity index (χ3n) is 1.74. The normalized spacial score (nSPS) is 11.2. The van der Waals surface area contributed by atoms with Gasteiger partial charge >= 0.3 is 0 Å². The molecule has 6 heteroatoms. The Kier molecular flexibility index (Phi) is 12.5. The summed E-state index contributed by atoms with van der Waals surface area (Å²) < 4.78 is 38.0. The minimum Gasteiger partial charge on any atom is -0.382 e. The molecule has 0 bridgehead atoms. The first kappa shape index (κ1) is 15.7. The van der Waals surface area contributed by atoms with Crippen LogP contribution in [0.3, 0.4) is 0 Å². The highest BCUT2D eigenvalue weighted by Gasteiger charge is 2.00. The minimum absolute atomic E-state index is 0.314. The fraction of sp³-hybridized carbons (Fsp3) is 1.00. The lowest BCUT2D eigenvalue weighted by atomic mass is 10.4. The van der Waals surface area contributed by atoms with Crippen molar-refractivity contribution >= 4 is 0 Å². The summed E-state index contributed by atoms with van der Waals surface area (Å²) in [6, 6.07) is 0. The molecule has 0 saturated carbocycles. The maximum absolute atomic E-state index is 11.6. The van der Waals surface area contributed by atoms with E-state index in [1.165, 1.54) is 0 Å². The van der Waals surface area contributed by atoms with Crippen LogP contribution in [0.1, 0.15) is 6.42 Å². The van der Waals surface area contributed by atoms with Gasteiger partial charge in [0, 0.05) is 20.3 Å². The molecule has 0 aliphatic heterocycles. The number of nitrogens with one attached hydrogen (secondary N) is 1. The molecule has 0 aliphatic carbocycles. The van der Waals surface area contributed by atoms with Gasteiger partial charge in [0.25, 0.3) is 6.43 Å². The van der Waals surface area contributed by atoms with Crippen molar-refractivity contribution in [3.8, 4) is 0 Å². The van der Waals surface area contributed by atoms with E-state index in [0.717, 1.165) is 13.0 Å². The van der Waals surface area contributed by atoms with Gasteiger partial charge < -0.3 is 19.5 Å². The van der Waals surface area contributed by atoms with Gasteiger partial charge in [0.05, 0.1) is 19.8 Å². The predicted octanol–water partition coefficient (Wildman–Crippen LogP) is 0.911. The number of rotatable bonds is 12. The second-order valence-corrected chi connectivity index (χ2v) is 3.17. The van der Waals surface area contributed by atoms with Crippen molar-refractivity contribution in [3.63, 3.8) is 0 Å². The highest BCUT2D eigenvalue weighted by Crippen LogP contribution is 1.91. The standard InChI is InChI=1S/C10H21F2NO3/c1-14-7-8-15-5-2-3-13-4-6-16-9-10(11)12/h10,13H,2-9H2,1H3. The van der Waals surface area contributed by atoms with Crippen molar-refractivity contribution in [1.29, 1.82) is 0 Å². The summed E-state index contributed by atoms with van der Waals surface area (Å²) in [6.45, 7) is 3.10. The number of hydrogen-bond acceptors (Lipinski definition) is 4. The summed E-state index contributed by atoms with van der Waals surface area (Å²) in [4.78, 5) is 0. The molecule has 98 valence electrons. The summed E-state index contributed by atoms with van der Waals surface area (Å²) in [5.41, 5.74) is 0. The third kappa shape index (κ3) is 13.7. The van der Waals surface area contributed by atoms with Crippen molar-refractivity contribution in [3.05, 3.63) is 0 Å². The van der Waals surface area contributed by atoms with E-state index in [4.69, 9.17) is 14.2 Å². The lowest BCUT2D eigenvalue weighted by Gasteiger charge is -2.06. The monoisotopic (exact) mass is 241 g/mol. The van der Waals surface area contributed by atoms with Crippen molar-refractivity contribution in [2.75, 3.05) is 53.2 Å². The minimum atomic E-state index is -2.38. The molecule has 0 unspecified atom stereocenters. The summed E-state index contributed by atoms with van der Waals surface area (Å²) in [5.74, 6) is 0. The van der Waals surface area contributed by atoms with Gasteiger partial charge in [-0.3, -0.25) is 0 Å². The van der Waals surface area contributed by atoms with Crippen molar-refractivity contribution in [2.24, 2.45) is 0 Å². The van der Waals surface area contributed by atoms with E-state index in [1.807, 2.05) is 0 Å². The van der Waals surface area contributed by atoms with Crippen LogP contribution >= 0.6 is 0 Å². The van der Waals surface area contributed by atoms with E-state index in [-0.39, 0.29) is 0 Å². The lowest BCUT2D eigenvalue weighted by Crippen LogP contribution is -2.23. The Morgan fingerprint density at radius 1 is 1.00 bits per heavy atom. The van der Waals surface area contributed by atoms with Gasteiger partial charge in [0.15, 0.2) is 0 Å². The van der Waals surface area contributed by atoms with Crippen LogP contribution in [-0.4, -0.2) is 59.7 Å². The van der Waals surface area contributed by atoms with E-state index < -0.39 is 13.0 Å². The van der Waals surface area contributed by atoms with Crippen LogP contribution in [0.5, 0.6) is 0 Å². The van der Waals surface area contributed by atoms with Gasteiger partial charge in [-0.1, -0.05) is 0 Å². The zero-order chi connectivity index (χ0) is 12.1. The van der Waals surface area contributed by atoms with Crippen LogP contribution in [0.15, 0.2) is 0 Å². The predicted molar refractivity (Wildman–Crippen MR) is 57.0 cm³/mol. The Morgan fingerprint density at radius 3 is 2.50 bits per heavy atom. The Hall–Kier alpha value is -0.300. The largest absolute Gasteiger partial charge is 0.382 e. The van der Waals surface area contributed by atoms with Gasteiger partial charge in [-0.2, -0.15) is 0 Å². The fourth-order valence-electron chi connectivity index (χ4n) is 0.985. The quantitative estimate of drug-likeness (QED) is 0.516. The molecule has 0 aromatic carbocycles. The Bertz CT molecular complexity index is 139. The molecule has 0 aromatic rings. The highest BCUT2D eigenvalue weighted by atomic mass is 19.3. The van der Waals surface area contributed by atoms with Gasteiger partial charge in [-0.25, -0.2) is 8.78 Å². The van der Waals surface area contributed by atoms with Crippen LogP contribution in [0.2, 0.25) is 0 Å². The number of hydrogen-bond donors (Lipinski definition) is 1. The van der Waals surface area contributed by atoms with E-state index in [9.17, 15) is 8.78 Å². The lowest BCUT2D eigenvalue weighted by molar-refractivity contribution is 0.0186. The van der Waals surface area contributed by atoms with Crippen molar-refractivity contribution in [1.82, 2.24) is 5.32 Å². The summed E-state index contributed by atoms with van der Waals surface area (Å²) in [5, 5.41) is 3.07. The SMILES string of the molecule is COCCOCCCNCCOCC(F)F. The van der Waals surface area contributed by atoms with Crippen LogP contribution in [0, 0.1) is 0 Å². The summed E-state index contributed by atoms with van der Waals surface area (Å²) in [6.07, 6.45) is -1.49. The van der Waals surface area contributed by atoms with E-state index in [1.54, 1.807) is 7.11 Å². The van der Waals surface area contributed by atoms with Crippen LogP contribution in [0.4, 0.5) is 8.78 Å². The topological polar surface area (TPSA) is 39.7 Å². The number of alkyl halides is 2. The first-order chi connectivity index (χ1) is 7.77. The van der Waals surface area contributed by atoms with Crippen molar-refractivity contribution < 1.29 is 23.0 Å². The molecule has 4 nitrogen and oxygen atoms in total. The average molecular weight is 241 g/mol. The summed E-state index contributed by atoms with van der Waals surface area (Å²) in [7, 11) is 1.63. The second kappa shape index (κ2) is 12.8. The first-order valence-electron chi connectivity index (χ1n) is 5.40.